The number of hydrogen-bond acceptors (Lipinski definition) is 4. The van der Waals surface area contributed by atoms with Gasteiger partial charge in [-0.2, -0.15) is 0 Å². The van der Waals surface area contributed by atoms with Gasteiger partial charge in [-0.3, -0.25) is 0 Å². The Morgan fingerprint density at radius 2 is 0.844 bits per heavy atom. The zero-order valence-electron chi connectivity index (χ0n) is 18.3. The predicted molar refractivity (Wildman–Crippen MR) is 149 cm³/mol. The lowest BCUT2D eigenvalue weighted by molar-refractivity contribution is 0.393. The molecule has 0 fully saturated rings. The van der Waals surface area contributed by atoms with Crippen LogP contribution in [0.5, 0.6) is 23.0 Å². The second-order valence-corrected chi connectivity index (χ2v) is 8.91. The molecular weight excluding hydrogens is 630 g/mol. The van der Waals surface area contributed by atoms with Crippen LogP contribution in [0.3, 0.4) is 0 Å². The van der Waals surface area contributed by atoms with Crippen molar-refractivity contribution >= 4 is 69.5 Å². The van der Waals surface area contributed by atoms with Crippen LogP contribution in [0.1, 0.15) is 22.3 Å². The molecule has 0 N–H and O–H groups in total. The van der Waals surface area contributed by atoms with Crippen molar-refractivity contribution in [1.29, 1.82) is 0 Å². The molecule has 32 heavy (non-hydrogen) atoms. The van der Waals surface area contributed by atoms with Crippen molar-refractivity contribution in [2.45, 2.75) is 0 Å². The van der Waals surface area contributed by atoms with Gasteiger partial charge in [-0.15, -0.1) is 0 Å². The molecule has 0 spiro atoms. The lowest BCUT2D eigenvalue weighted by Gasteiger charge is -2.09. The highest BCUT2D eigenvalue weighted by Crippen LogP contribution is 2.30. The number of ether oxygens (including phenoxy) is 4. The second-order valence-electron chi connectivity index (χ2n) is 6.75. The average Bonchev–Trinajstić information content (AvgIpc) is 2.84. The highest BCUT2D eigenvalue weighted by Gasteiger charge is 2.08. The summed E-state index contributed by atoms with van der Waals surface area (Å²) in [5.74, 6) is 3.09. The van der Waals surface area contributed by atoms with E-state index in [9.17, 15) is 0 Å². The van der Waals surface area contributed by atoms with Crippen LogP contribution < -0.4 is 18.9 Å². The highest BCUT2D eigenvalue weighted by atomic mass is 127. The van der Waals surface area contributed by atoms with Crippen LogP contribution in [0.4, 0.5) is 0 Å². The summed E-state index contributed by atoms with van der Waals surface area (Å²) in [6.45, 7) is 0. The molecule has 0 aliphatic rings. The van der Waals surface area contributed by atoms with E-state index in [1.165, 1.54) is 7.14 Å². The summed E-state index contributed by atoms with van der Waals surface area (Å²) in [4.78, 5) is 0. The van der Waals surface area contributed by atoms with Gasteiger partial charge in [0.15, 0.2) is 0 Å². The maximum atomic E-state index is 5.49. The zero-order valence-corrected chi connectivity index (χ0v) is 22.6. The summed E-state index contributed by atoms with van der Waals surface area (Å²) < 4.78 is 23.9. The Bertz CT molecular complexity index is 1060. The third-order valence-electron chi connectivity index (χ3n) is 4.91. The minimum atomic E-state index is 0.771. The standard InChI is InChI=1S/C26H24I2O4/c1-29-21-13-11-17(23(15-21)31-3)5-7-19-9-10-20(26(28)25(19)27)8-6-18-12-14-22(30-2)16-24(18)32-4/h5-16H,1-4H3/b7-5-,8-6-. The first-order valence-electron chi connectivity index (χ1n) is 9.79. The van der Waals surface area contributed by atoms with E-state index in [2.05, 4.69) is 81.6 Å². The molecule has 0 unspecified atom stereocenters. The first kappa shape index (κ1) is 24.4. The Kier molecular flexibility index (Phi) is 8.86. The Morgan fingerprint density at radius 3 is 1.19 bits per heavy atom. The first-order valence-corrected chi connectivity index (χ1v) is 11.9. The molecule has 3 aromatic rings. The van der Waals surface area contributed by atoms with Crippen molar-refractivity contribution < 1.29 is 18.9 Å². The lowest BCUT2D eigenvalue weighted by Crippen LogP contribution is -1.92. The van der Waals surface area contributed by atoms with Gasteiger partial charge in [0.25, 0.3) is 0 Å². The molecule has 6 heteroatoms. The van der Waals surface area contributed by atoms with Crippen LogP contribution in [0.25, 0.3) is 24.3 Å². The van der Waals surface area contributed by atoms with Crippen molar-refractivity contribution in [2.24, 2.45) is 0 Å². The maximum Gasteiger partial charge on any atom is 0.129 e. The topological polar surface area (TPSA) is 36.9 Å². The highest BCUT2D eigenvalue weighted by molar-refractivity contribution is 14.1. The van der Waals surface area contributed by atoms with Gasteiger partial charge in [0, 0.05) is 30.4 Å². The van der Waals surface area contributed by atoms with E-state index < -0.39 is 0 Å². The van der Waals surface area contributed by atoms with Gasteiger partial charge in [0.1, 0.15) is 23.0 Å². The van der Waals surface area contributed by atoms with Crippen molar-refractivity contribution in [3.8, 4) is 23.0 Å². The molecule has 0 aliphatic heterocycles. The molecule has 0 saturated carbocycles. The van der Waals surface area contributed by atoms with Crippen molar-refractivity contribution in [2.75, 3.05) is 28.4 Å². The van der Waals surface area contributed by atoms with Gasteiger partial charge in [-0.05, 0) is 80.6 Å². The largest absolute Gasteiger partial charge is 0.497 e. The number of hydrogen-bond donors (Lipinski definition) is 0. The van der Waals surface area contributed by atoms with Gasteiger partial charge >= 0.3 is 0 Å². The summed E-state index contributed by atoms with van der Waals surface area (Å²) in [5.41, 5.74) is 4.28. The predicted octanol–water partition coefficient (Wildman–Crippen LogP) is 7.27. The van der Waals surface area contributed by atoms with E-state index >= 15 is 0 Å². The molecule has 0 atom stereocenters. The number of methoxy groups -OCH3 is 4. The third-order valence-corrected chi connectivity index (χ3v) is 8.26. The fourth-order valence-electron chi connectivity index (χ4n) is 3.11. The van der Waals surface area contributed by atoms with Crippen LogP contribution >= 0.6 is 45.2 Å². The fourth-order valence-corrected chi connectivity index (χ4v) is 4.45. The molecule has 0 aliphatic carbocycles. The molecule has 3 aromatic carbocycles. The van der Waals surface area contributed by atoms with Crippen LogP contribution in [-0.4, -0.2) is 28.4 Å². The Balaban J connectivity index is 1.86. The van der Waals surface area contributed by atoms with Crippen LogP contribution in [0.2, 0.25) is 0 Å². The van der Waals surface area contributed by atoms with Gasteiger partial charge in [0.2, 0.25) is 0 Å². The van der Waals surface area contributed by atoms with Crippen molar-refractivity contribution in [3.63, 3.8) is 0 Å². The second kappa shape index (κ2) is 11.6. The zero-order chi connectivity index (χ0) is 23.1. The van der Waals surface area contributed by atoms with Crippen LogP contribution in [0.15, 0.2) is 48.5 Å². The van der Waals surface area contributed by atoms with E-state index in [0.29, 0.717) is 0 Å². The van der Waals surface area contributed by atoms with E-state index in [0.717, 1.165) is 45.3 Å². The molecule has 0 heterocycles. The molecule has 4 nitrogen and oxygen atoms in total. The SMILES string of the molecule is COc1ccc(/C=C\c2ccc(/C=C\c3ccc(OC)cc3OC)c(I)c2I)c(OC)c1. The lowest BCUT2D eigenvalue weighted by atomic mass is 10.1. The fraction of sp³-hybridized carbons (Fsp3) is 0.154. The summed E-state index contributed by atoms with van der Waals surface area (Å²) >= 11 is 4.79. The smallest absolute Gasteiger partial charge is 0.129 e. The number of halogens is 2. The van der Waals surface area contributed by atoms with Gasteiger partial charge in [0.05, 0.1) is 28.4 Å². The van der Waals surface area contributed by atoms with E-state index in [1.807, 2.05) is 36.4 Å². The van der Waals surface area contributed by atoms with Crippen molar-refractivity contribution in [1.82, 2.24) is 0 Å². The minimum Gasteiger partial charge on any atom is -0.497 e. The van der Waals surface area contributed by atoms with E-state index in [1.54, 1.807) is 28.4 Å². The molecule has 0 aromatic heterocycles. The average molecular weight is 654 g/mol. The van der Waals surface area contributed by atoms with E-state index in [-0.39, 0.29) is 0 Å². The molecule has 0 amide bonds. The van der Waals surface area contributed by atoms with Crippen LogP contribution in [-0.2, 0) is 0 Å². The molecule has 0 bridgehead atoms. The van der Waals surface area contributed by atoms with E-state index in [4.69, 9.17) is 18.9 Å². The third kappa shape index (κ3) is 5.78. The summed E-state index contributed by atoms with van der Waals surface area (Å²) in [5, 5.41) is 0. The normalized spacial score (nSPS) is 11.2. The minimum absolute atomic E-state index is 0.771. The maximum absolute atomic E-state index is 5.49. The number of benzene rings is 3. The first-order chi connectivity index (χ1) is 15.5. The Morgan fingerprint density at radius 1 is 0.500 bits per heavy atom. The number of rotatable bonds is 8. The summed E-state index contributed by atoms with van der Waals surface area (Å²) in [6, 6.07) is 15.9. The van der Waals surface area contributed by atoms with Crippen LogP contribution in [0, 0.1) is 7.14 Å². The summed E-state index contributed by atoms with van der Waals surface area (Å²) in [6.07, 6.45) is 8.33. The molecule has 0 saturated heterocycles. The molecule has 3 rings (SSSR count). The monoisotopic (exact) mass is 654 g/mol. The Hall–Kier alpha value is -2.20. The summed E-state index contributed by atoms with van der Waals surface area (Å²) in [7, 11) is 6.63. The van der Waals surface area contributed by atoms with Gasteiger partial charge in [-0.1, -0.05) is 36.4 Å². The molecule has 166 valence electrons. The Labute approximate surface area is 216 Å². The van der Waals surface area contributed by atoms with Gasteiger partial charge < -0.3 is 18.9 Å². The molecule has 0 radical (unpaired) electrons. The molecular formula is C26H24I2O4. The van der Waals surface area contributed by atoms with Gasteiger partial charge in [-0.25, -0.2) is 0 Å². The van der Waals surface area contributed by atoms with Crippen molar-refractivity contribution in [3.05, 3.63) is 77.9 Å². The quantitative estimate of drug-likeness (QED) is 0.189.